The van der Waals surface area contributed by atoms with E-state index < -0.39 is 12.3 Å². The first-order valence-corrected chi connectivity index (χ1v) is 4.73. The van der Waals surface area contributed by atoms with Crippen molar-refractivity contribution in [2.45, 2.75) is 52.3 Å². The molecule has 1 fully saturated rings. The Morgan fingerprint density at radius 2 is 1.83 bits per heavy atom. The highest BCUT2D eigenvalue weighted by atomic mass is 19.1. The molecule has 1 aliphatic carbocycles. The molecule has 0 aliphatic heterocycles. The first kappa shape index (κ1) is 9.97. The van der Waals surface area contributed by atoms with Gasteiger partial charge >= 0.3 is 0 Å². The summed E-state index contributed by atoms with van der Waals surface area (Å²) in [5.41, 5.74) is 0.0412. The number of rotatable bonds is 0. The maximum absolute atomic E-state index is 13.4. The summed E-state index contributed by atoms with van der Waals surface area (Å²) in [7, 11) is 0. The molecule has 0 heterocycles. The first-order valence-electron chi connectivity index (χ1n) is 4.73. The molecule has 12 heavy (non-hydrogen) atoms. The molecule has 3 atom stereocenters. The van der Waals surface area contributed by atoms with Crippen LogP contribution in [0.25, 0.3) is 0 Å². The topological polar surface area (TPSA) is 20.2 Å². The molecule has 0 radical (unpaired) electrons. The Morgan fingerprint density at radius 3 is 2.25 bits per heavy atom. The Bertz CT molecular complexity index is 150. The lowest BCUT2D eigenvalue weighted by molar-refractivity contribution is 0.00625. The van der Waals surface area contributed by atoms with E-state index in [0.717, 1.165) is 12.8 Å². The fourth-order valence-electron chi connectivity index (χ4n) is 2.07. The predicted octanol–water partition coefficient (Wildman–Crippen LogP) is 2.53. The maximum atomic E-state index is 13.4. The fourth-order valence-corrected chi connectivity index (χ4v) is 2.07. The lowest BCUT2D eigenvalue weighted by atomic mass is 9.71. The normalized spacial score (nSPS) is 38.2. The summed E-state index contributed by atoms with van der Waals surface area (Å²) in [5, 5.41) is 9.22. The van der Waals surface area contributed by atoms with Gasteiger partial charge in [-0.3, -0.25) is 0 Å². The first-order chi connectivity index (χ1) is 5.41. The smallest absolute Gasteiger partial charge is 0.106 e. The number of aliphatic hydroxyl groups excluding tert-OH is 1. The molecule has 3 unspecified atom stereocenters. The number of aliphatic hydroxyl groups is 1. The van der Waals surface area contributed by atoms with Crippen LogP contribution in [0, 0.1) is 11.3 Å². The summed E-state index contributed by atoms with van der Waals surface area (Å²) in [4.78, 5) is 0. The second kappa shape index (κ2) is 3.33. The molecule has 0 saturated heterocycles. The van der Waals surface area contributed by atoms with E-state index >= 15 is 0 Å². The minimum atomic E-state index is -0.811. The Kier molecular flexibility index (Phi) is 2.77. The molecule has 1 aliphatic rings. The number of hydrogen-bond donors (Lipinski definition) is 1. The van der Waals surface area contributed by atoms with Crippen LogP contribution in [0.3, 0.4) is 0 Å². The Morgan fingerprint density at radius 1 is 1.25 bits per heavy atom. The second-order valence-electron chi connectivity index (χ2n) is 4.96. The number of hydrogen-bond acceptors (Lipinski definition) is 1. The van der Waals surface area contributed by atoms with E-state index in [4.69, 9.17) is 0 Å². The van der Waals surface area contributed by atoms with Gasteiger partial charge in [-0.25, -0.2) is 4.39 Å². The summed E-state index contributed by atoms with van der Waals surface area (Å²) < 4.78 is 13.4. The quantitative estimate of drug-likeness (QED) is 0.598. The summed E-state index contributed by atoms with van der Waals surface area (Å²) in [6.45, 7) is 6.21. The van der Waals surface area contributed by atoms with Crippen LogP contribution in [0.5, 0.6) is 0 Å². The Hall–Kier alpha value is -0.110. The average Bonchev–Trinajstić information content (AvgIpc) is 1.83. The van der Waals surface area contributed by atoms with Crippen LogP contribution in [0.2, 0.25) is 0 Å². The summed E-state index contributed by atoms with van der Waals surface area (Å²) in [6.07, 6.45) is 0.711. The maximum Gasteiger partial charge on any atom is 0.106 e. The molecule has 0 aromatic heterocycles. The van der Waals surface area contributed by atoms with Crippen molar-refractivity contribution in [3.05, 3.63) is 0 Å². The van der Waals surface area contributed by atoms with Gasteiger partial charge in [0.05, 0.1) is 6.10 Å². The summed E-state index contributed by atoms with van der Waals surface area (Å²) in [6, 6.07) is 0. The number of alkyl halides is 1. The van der Waals surface area contributed by atoms with Crippen LogP contribution in [0.4, 0.5) is 4.39 Å². The van der Waals surface area contributed by atoms with E-state index in [-0.39, 0.29) is 11.3 Å². The third-order valence-corrected chi connectivity index (χ3v) is 2.86. The monoisotopic (exact) mass is 174 g/mol. The molecule has 0 aromatic rings. The predicted molar refractivity (Wildman–Crippen MR) is 47.7 cm³/mol. The zero-order valence-electron chi connectivity index (χ0n) is 8.18. The van der Waals surface area contributed by atoms with E-state index in [1.165, 1.54) is 0 Å². The minimum Gasteiger partial charge on any atom is -0.393 e. The van der Waals surface area contributed by atoms with Crippen LogP contribution >= 0.6 is 0 Å². The fraction of sp³-hybridized carbons (Fsp3) is 1.00. The summed E-state index contributed by atoms with van der Waals surface area (Å²) in [5.74, 6) is 0.126. The van der Waals surface area contributed by atoms with Gasteiger partial charge in [0, 0.05) is 6.42 Å². The average molecular weight is 174 g/mol. The van der Waals surface area contributed by atoms with Crippen LogP contribution in [-0.2, 0) is 0 Å². The molecule has 72 valence electrons. The molecule has 0 spiro atoms. The molecule has 1 saturated carbocycles. The van der Waals surface area contributed by atoms with Crippen LogP contribution in [0.15, 0.2) is 0 Å². The highest BCUT2D eigenvalue weighted by Gasteiger charge is 2.36. The largest absolute Gasteiger partial charge is 0.393 e. The second-order valence-corrected chi connectivity index (χ2v) is 4.96. The minimum absolute atomic E-state index is 0.0412. The third kappa shape index (κ3) is 2.19. The summed E-state index contributed by atoms with van der Waals surface area (Å²) >= 11 is 0. The lowest BCUT2D eigenvalue weighted by Gasteiger charge is -2.38. The van der Waals surface area contributed by atoms with Crippen molar-refractivity contribution < 1.29 is 9.50 Å². The van der Waals surface area contributed by atoms with E-state index in [1.54, 1.807) is 0 Å². The van der Waals surface area contributed by atoms with Gasteiger partial charge in [0.2, 0.25) is 0 Å². The van der Waals surface area contributed by atoms with Gasteiger partial charge in [-0.05, 0) is 24.2 Å². The van der Waals surface area contributed by atoms with E-state index in [0.29, 0.717) is 6.42 Å². The van der Waals surface area contributed by atoms with Gasteiger partial charge in [-0.15, -0.1) is 0 Å². The van der Waals surface area contributed by atoms with E-state index in [2.05, 4.69) is 20.8 Å². The SMILES string of the molecule is CC(C)(C)C1CCC(O)CC1F. The van der Waals surface area contributed by atoms with Crippen LogP contribution in [0.1, 0.15) is 40.0 Å². The van der Waals surface area contributed by atoms with Gasteiger partial charge < -0.3 is 5.11 Å². The Balaban J connectivity index is 2.57. The third-order valence-electron chi connectivity index (χ3n) is 2.86. The molecule has 0 bridgehead atoms. The van der Waals surface area contributed by atoms with Crippen molar-refractivity contribution in [3.8, 4) is 0 Å². The standard InChI is InChI=1S/C10H19FO/c1-10(2,3)8-5-4-7(12)6-9(8)11/h7-9,12H,4-6H2,1-3H3. The molecule has 1 rings (SSSR count). The molecule has 0 aromatic carbocycles. The van der Waals surface area contributed by atoms with Crippen molar-refractivity contribution in [3.63, 3.8) is 0 Å². The highest BCUT2D eigenvalue weighted by Crippen LogP contribution is 2.39. The van der Waals surface area contributed by atoms with Gasteiger partial charge in [0.1, 0.15) is 6.17 Å². The molecular formula is C10H19FO. The van der Waals surface area contributed by atoms with Crippen molar-refractivity contribution in [2.24, 2.45) is 11.3 Å². The van der Waals surface area contributed by atoms with Crippen molar-refractivity contribution in [1.29, 1.82) is 0 Å². The zero-order chi connectivity index (χ0) is 9.35. The molecule has 2 heteroatoms. The van der Waals surface area contributed by atoms with Crippen molar-refractivity contribution in [1.82, 2.24) is 0 Å². The van der Waals surface area contributed by atoms with Gasteiger partial charge in [0.25, 0.3) is 0 Å². The molecule has 1 nitrogen and oxygen atoms in total. The highest BCUT2D eigenvalue weighted by molar-refractivity contribution is 4.86. The van der Waals surface area contributed by atoms with E-state index in [9.17, 15) is 9.50 Å². The van der Waals surface area contributed by atoms with Gasteiger partial charge in [0.15, 0.2) is 0 Å². The van der Waals surface area contributed by atoms with E-state index in [1.807, 2.05) is 0 Å². The Labute approximate surface area is 74.0 Å². The van der Waals surface area contributed by atoms with Crippen molar-refractivity contribution in [2.75, 3.05) is 0 Å². The zero-order valence-corrected chi connectivity index (χ0v) is 8.18. The van der Waals surface area contributed by atoms with Gasteiger partial charge in [-0.1, -0.05) is 20.8 Å². The molecule has 1 N–H and O–H groups in total. The lowest BCUT2D eigenvalue weighted by Crippen LogP contribution is -2.36. The van der Waals surface area contributed by atoms with Crippen molar-refractivity contribution >= 4 is 0 Å². The molecular weight excluding hydrogens is 155 g/mol. The molecule has 0 amide bonds. The number of halogens is 1. The van der Waals surface area contributed by atoms with Crippen LogP contribution < -0.4 is 0 Å². The van der Waals surface area contributed by atoms with Crippen LogP contribution in [-0.4, -0.2) is 17.4 Å². The van der Waals surface area contributed by atoms with Gasteiger partial charge in [-0.2, -0.15) is 0 Å².